The van der Waals surface area contributed by atoms with E-state index in [-0.39, 0.29) is 5.41 Å². The molecule has 1 aromatic carbocycles. The summed E-state index contributed by atoms with van der Waals surface area (Å²) in [6.45, 7) is 2.29. The second-order valence-corrected chi connectivity index (χ2v) is 4.87. The average Bonchev–Trinajstić information content (AvgIpc) is 3.03. The lowest BCUT2D eigenvalue weighted by molar-refractivity contribution is 0.745. The molecule has 1 saturated carbocycles. The molecule has 0 aromatic heterocycles. The van der Waals surface area contributed by atoms with Crippen molar-refractivity contribution in [2.24, 2.45) is 5.92 Å². The molecule has 0 unspecified atom stereocenters. The topological polar surface area (TPSA) is 23.8 Å². The fourth-order valence-corrected chi connectivity index (χ4v) is 2.16. The van der Waals surface area contributed by atoms with Crippen molar-refractivity contribution in [3.8, 4) is 17.9 Å². The van der Waals surface area contributed by atoms with Crippen LogP contribution in [0.25, 0.3) is 0 Å². The van der Waals surface area contributed by atoms with Gasteiger partial charge in [-0.05, 0) is 18.4 Å². The molecule has 17 heavy (non-hydrogen) atoms. The molecule has 1 heteroatoms. The minimum atomic E-state index is 0.267. The van der Waals surface area contributed by atoms with Gasteiger partial charge in [0, 0.05) is 24.2 Å². The molecule has 1 aliphatic rings. The van der Waals surface area contributed by atoms with Gasteiger partial charge < -0.3 is 0 Å². The predicted molar refractivity (Wildman–Crippen MR) is 69.1 cm³/mol. The van der Waals surface area contributed by atoms with Crippen LogP contribution in [-0.4, -0.2) is 0 Å². The first kappa shape index (κ1) is 11.7. The fourth-order valence-electron chi connectivity index (χ4n) is 2.16. The molecule has 1 aliphatic carbocycles. The van der Waals surface area contributed by atoms with Gasteiger partial charge in [0.25, 0.3) is 0 Å². The molecule has 1 aromatic rings. The van der Waals surface area contributed by atoms with E-state index in [1.165, 1.54) is 12.0 Å². The van der Waals surface area contributed by atoms with Gasteiger partial charge in [-0.25, -0.2) is 0 Å². The van der Waals surface area contributed by atoms with Crippen molar-refractivity contribution >= 4 is 0 Å². The Bertz CT molecular complexity index is 472. The van der Waals surface area contributed by atoms with Crippen molar-refractivity contribution in [1.82, 2.24) is 0 Å². The Morgan fingerprint density at radius 1 is 1.29 bits per heavy atom. The number of nitrogens with zero attached hydrogens (tertiary/aromatic N) is 1. The third-order valence-electron chi connectivity index (χ3n) is 3.54. The lowest BCUT2D eigenvalue weighted by atomic mass is 9.96. The van der Waals surface area contributed by atoms with Crippen LogP contribution in [0, 0.1) is 29.1 Å². The Balaban J connectivity index is 1.89. The summed E-state index contributed by atoms with van der Waals surface area (Å²) in [5, 5.41) is 8.42. The van der Waals surface area contributed by atoms with E-state index in [2.05, 4.69) is 55.2 Å². The molecular formula is C16H17N. The molecule has 0 aliphatic heterocycles. The summed E-state index contributed by atoms with van der Waals surface area (Å²) in [7, 11) is 0. The van der Waals surface area contributed by atoms with Crippen LogP contribution in [0.1, 0.15) is 38.2 Å². The Kier molecular flexibility index (Phi) is 3.50. The normalized spacial score (nSPS) is 25.5. The predicted octanol–water partition coefficient (Wildman–Crippen LogP) is 3.66. The standard InChI is InChI=1S/C16H17N/c1-16(14-9-6-4-7-10-14)13-15(16)11-5-2-3-8-12-17/h4,6-7,9-10,15H,2-3,8,13H2,1H3/t15-,16+/m1/s1. The van der Waals surface area contributed by atoms with E-state index in [4.69, 9.17) is 5.26 Å². The van der Waals surface area contributed by atoms with E-state index in [0.29, 0.717) is 12.3 Å². The Morgan fingerprint density at radius 3 is 2.76 bits per heavy atom. The first-order chi connectivity index (χ1) is 8.27. The quantitative estimate of drug-likeness (QED) is 0.566. The molecule has 0 heterocycles. The summed E-state index contributed by atoms with van der Waals surface area (Å²) < 4.78 is 0. The Hall–Kier alpha value is -1.73. The fraction of sp³-hybridized carbons (Fsp3) is 0.438. The van der Waals surface area contributed by atoms with E-state index in [0.717, 1.165) is 12.8 Å². The highest BCUT2D eigenvalue weighted by atomic mass is 14.5. The third-order valence-corrected chi connectivity index (χ3v) is 3.54. The molecule has 0 spiro atoms. The average molecular weight is 223 g/mol. The van der Waals surface area contributed by atoms with Crippen molar-refractivity contribution in [3.63, 3.8) is 0 Å². The number of hydrogen-bond donors (Lipinski definition) is 0. The van der Waals surface area contributed by atoms with Crippen molar-refractivity contribution < 1.29 is 0 Å². The molecule has 2 atom stereocenters. The van der Waals surface area contributed by atoms with Crippen LogP contribution in [0.4, 0.5) is 0 Å². The van der Waals surface area contributed by atoms with Gasteiger partial charge >= 0.3 is 0 Å². The molecule has 0 saturated heterocycles. The van der Waals surface area contributed by atoms with E-state index < -0.39 is 0 Å². The van der Waals surface area contributed by atoms with E-state index in [1.54, 1.807) is 0 Å². The minimum Gasteiger partial charge on any atom is -0.198 e. The maximum atomic E-state index is 8.42. The highest BCUT2D eigenvalue weighted by Gasteiger charge is 2.50. The van der Waals surface area contributed by atoms with Gasteiger partial charge in [-0.2, -0.15) is 5.26 Å². The zero-order chi connectivity index (χ0) is 12.1. The molecule has 1 nitrogen and oxygen atoms in total. The van der Waals surface area contributed by atoms with Gasteiger partial charge in [0.1, 0.15) is 0 Å². The molecule has 0 amide bonds. The number of unbranched alkanes of at least 4 members (excludes halogenated alkanes) is 2. The second kappa shape index (κ2) is 5.07. The summed E-state index contributed by atoms with van der Waals surface area (Å²) in [6.07, 6.45) is 3.55. The Morgan fingerprint density at radius 2 is 2.06 bits per heavy atom. The zero-order valence-electron chi connectivity index (χ0n) is 10.2. The third kappa shape index (κ3) is 2.69. The highest BCUT2D eigenvalue weighted by Crippen LogP contribution is 2.53. The van der Waals surface area contributed by atoms with E-state index in [1.807, 2.05) is 0 Å². The maximum absolute atomic E-state index is 8.42. The first-order valence-electron chi connectivity index (χ1n) is 6.18. The first-order valence-corrected chi connectivity index (χ1v) is 6.18. The van der Waals surface area contributed by atoms with E-state index >= 15 is 0 Å². The van der Waals surface area contributed by atoms with Crippen LogP contribution < -0.4 is 0 Å². The Labute approximate surface area is 103 Å². The number of benzene rings is 1. The van der Waals surface area contributed by atoms with Crippen LogP contribution >= 0.6 is 0 Å². The van der Waals surface area contributed by atoms with Crippen LogP contribution in [0.15, 0.2) is 30.3 Å². The smallest absolute Gasteiger partial charge is 0.0622 e. The summed E-state index contributed by atoms with van der Waals surface area (Å²) in [6, 6.07) is 12.8. The van der Waals surface area contributed by atoms with Crippen molar-refractivity contribution in [2.45, 2.75) is 38.0 Å². The van der Waals surface area contributed by atoms with Crippen LogP contribution in [0.5, 0.6) is 0 Å². The molecule has 0 N–H and O–H groups in total. The number of nitriles is 1. The highest BCUT2D eigenvalue weighted by molar-refractivity contribution is 5.37. The van der Waals surface area contributed by atoms with Crippen molar-refractivity contribution in [2.75, 3.05) is 0 Å². The van der Waals surface area contributed by atoms with Gasteiger partial charge in [0.05, 0.1) is 6.07 Å². The SMILES string of the molecule is C[C@@]1(c2ccccc2)C[C@H]1C#CCCCC#N. The molecule has 0 bridgehead atoms. The van der Waals surface area contributed by atoms with Gasteiger partial charge in [-0.3, -0.25) is 0 Å². The summed E-state index contributed by atoms with van der Waals surface area (Å²) in [5.41, 5.74) is 1.67. The minimum absolute atomic E-state index is 0.267. The van der Waals surface area contributed by atoms with Gasteiger partial charge in [-0.1, -0.05) is 43.2 Å². The molecule has 1 fully saturated rings. The lowest BCUT2D eigenvalue weighted by Gasteiger charge is -2.08. The largest absolute Gasteiger partial charge is 0.198 e. The van der Waals surface area contributed by atoms with Crippen molar-refractivity contribution in [1.29, 1.82) is 5.26 Å². The van der Waals surface area contributed by atoms with Gasteiger partial charge in [0.2, 0.25) is 0 Å². The maximum Gasteiger partial charge on any atom is 0.0622 e. The zero-order valence-corrected chi connectivity index (χ0v) is 10.2. The molecular weight excluding hydrogens is 206 g/mol. The van der Waals surface area contributed by atoms with Gasteiger partial charge in [0.15, 0.2) is 0 Å². The van der Waals surface area contributed by atoms with Crippen LogP contribution in [0.3, 0.4) is 0 Å². The van der Waals surface area contributed by atoms with Crippen LogP contribution in [0.2, 0.25) is 0 Å². The molecule has 2 rings (SSSR count). The number of rotatable bonds is 3. The lowest BCUT2D eigenvalue weighted by Crippen LogP contribution is -2.02. The molecule has 86 valence electrons. The summed E-state index contributed by atoms with van der Waals surface area (Å²) in [5.74, 6) is 7.06. The van der Waals surface area contributed by atoms with E-state index in [9.17, 15) is 0 Å². The van der Waals surface area contributed by atoms with Gasteiger partial charge in [-0.15, -0.1) is 5.92 Å². The summed E-state index contributed by atoms with van der Waals surface area (Å²) >= 11 is 0. The number of hydrogen-bond acceptors (Lipinski definition) is 1. The van der Waals surface area contributed by atoms with Crippen LogP contribution in [-0.2, 0) is 5.41 Å². The monoisotopic (exact) mass is 223 g/mol. The molecule has 0 radical (unpaired) electrons. The summed E-state index contributed by atoms with van der Waals surface area (Å²) in [4.78, 5) is 0. The van der Waals surface area contributed by atoms with Crippen molar-refractivity contribution in [3.05, 3.63) is 35.9 Å². The second-order valence-electron chi connectivity index (χ2n) is 4.87.